The largest absolute Gasteiger partial charge is 0.326 e. The Bertz CT molecular complexity index is 644. The molecule has 7 heteroatoms. The topological polar surface area (TPSA) is 68.0 Å². The molecule has 0 saturated heterocycles. The molecule has 0 spiro atoms. The molecule has 1 aromatic heterocycles. The molecule has 1 amide bonds. The molecule has 0 unspecified atom stereocenters. The molecule has 1 aromatic carbocycles. The van der Waals surface area contributed by atoms with Crippen molar-refractivity contribution in [2.45, 2.75) is 6.54 Å². The van der Waals surface area contributed by atoms with Crippen LogP contribution >= 0.6 is 0 Å². The number of benzene rings is 1. The predicted molar refractivity (Wildman–Crippen MR) is 66.4 cm³/mol. The van der Waals surface area contributed by atoms with E-state index < -0.39 is 28.9 Å². The number of halogens is 3. The van der Waals surface area contributed by atoms with Gasteiger partial charge < -0.3 is 11.1 Å². The number of hydrogen-bond acceptors (Lipinski definition) is 3. The number of amides is 1. The molecule has 0 saturated carbocycles. The van der Waals surface area contributed by atoms with E-state index >= 15 is 0 Å². The first-order valence-corrected chi connectivity index (χ1v) is 5.62. The lowest BCUT2D eigenvalue weighted by Gasteiger charge is -2.06. The fourth-order valence-electron chi connectivity index (χ4n) is 1.50. The third kappa shape index (κ3) is 2.77. The van der Waals surface area contributed by atoms with Crippen LogP contribution in [0.5, 0.6) is 0 Å². The summed E-state index contributed by atoms with van der Waals surface area (Å²) in [5.41, 5.74) is 5.54. The zero-order valence-corrected chi connectivity index (χ0v) is 10.2. The lowest BCUT2D eigenvalue weighted by molar-refractivity contribution is 0.102. The highest BCUT2D eigenvalue weighted by atomic mass is 19.2. The van der Waals surface area contributed by atoms with Gasteiger partial charge in [0, 0.05) is 12.7 Å². The highest BCUT2D eigenvalue weighted by Gasteiger charge is 2.19. The summed E-state index contributed by atoms with van der Waals surface area (Å²) in [6.07, 6.45) is 1.44. The fourth-order valence-corrected chi connectivity index (χ4v) is 1.50. The normalized spacial score (nSPS) is 10.4. The average Bonchev–Trinajstić information content (AvgIpc) is 2.45. The lowest BCUT2D eigenvalue weighted by Crippen LogP contribution is -2.16. The van der Waals surface area contributed by atoms with Crippen LogP contribution in [-0.2, 0) is 6.54 Å². The van der Waals surface area contributed by atoms with E-state index in [0.717, 1.165) is 11.6 Å². The second-order valence-electron chi connectivity index (χ2n) is 3.93. The highest BCUT2D eigenvalue weighted by molar-refractivity contribution is 6.03. The summed E-state index contributed by atoms with van der Waals surface area (Å²) in [6, 6.07) is 4.64. The molecule has 3 N–H and O–H groups in total. The molecule has 2 rings (SSSR count). The molecule has 4 nitrogen and oxygen atoms in total. The van der Waals surface area contributed by atoms with E-state index in [0.29, 0.717) is 12.6 Å². The second kappa shape index (κ2) is 5.70. The van der Waals surface area contributed by atoms with E-state index in [1.54, 1.807) is 6.07 Å². The maximum Gasteiger partial charge on any atom is 0.259 e. The zero-order chi connectivity index (χ0) is 14.7. The van der Waals surface area contributed by atoms with Crippen molar-refractivity contribution in [3.05, 3.63) is 59.0 Å². The first-order valence-electron chi connectivity index (χ1n) is 5.62. The maximum atomic E-state index is 13.4. The van der Waals surface area contributed by atoms with Gasteiger partial charge in [-0.3, -0.25) is 4.79 Å². The maximum absolute atomic E-state index is 13.4. The number of carbonyl (C=O) groups excluding carboxylic acids is 1. The number of anilines is 1. The number of nitrogens with one attached hydrogen (secondary N) is 1. The van der Waals surface area contributed by atoms with E-state index in [1.807, 2.05) is 0 Å². The quantitative estimate of drug-likeness (QED) is 0.847. The number of aromatic nitrogens is 1. The van der Waals surface area contributed by atoms with Gasteiger partial charge in [-0.05, 0) is 23.8 Å². The molecule has 0 aliphatic carbocycles. The van der Waals surface area contributed by atoms with Gasteiger partial charge in [-0.1, -0.05) is 6.07 Å². The van der Waals surface area contributed by atoms with E-state index in [4.69, 9.17) is 5.73 Å². The Balaban J connectivity index is 2.21. The minimum absolute atomic E-state index is 0.149. The van der Waals surface area contributed by atoms with Crippen LogP contribution in [0, 0.1) is 17.5 Å². The smallest absolute Gasteiger partial charge is 0.259 e. The van der Waals surface area contributed by atoms with E-state index in [1.165, 1.54) is 12.3 Å². The predicted octanol–water partition coefficient (Wildman–Crippen LogP) is 2.21. The molecule has 20 heavy (non-hydrogen) atoms. The molecule has 0 fully saturated rings. The van der Waals surface area contributed by atoms with Crippen molar-refractivity contribution in [1.29, 1.82) is 0 Å². The van der Waals surface area contributed by atoms with Crippen LogP contribution in [0.3, 0.4) is 0 Å². The van der Waals surface area contributed by atoms with Gasteiger partial charge in [-0.25, -0.2) is 18.2 Å². The van der Waals surface area contributed by atoms with E-state index in [-0.39, 0.29) is 5.82 Å². The first kappa shape index (κ1) is 14.0. The fraction of sp³-hybridized carbons (Fsp3) is 0.0769. The van der Waals surface area contributed by atoms with Gasteiger partial charge >= 0.3 is 0 Å². The SMILES string of the molecule is NCc1ccc(NC(=O)c2ccc(F)c(F)c2F)nc1. The first-order chi connectivity index (χ1) is 9.52. The third-order valence-electron chi connectivity index (χ3n) is 2.58. The molecule has 104 valence electrons. The number of nitrogens with zero attached hydrogens (tertiary/aromatic N) is 1. The Morgan fingerprint density at radius 2 is 1.90 bits per heavy atom. The standard InChI is InChI=1S/C13H10F3N3O/c14-9-3-2-8(11(15)12(9)16)13(20)19-10-4-1-7(5-17)6-18-10/h1-4,6H,5,17H2,(H,18,19,20). The summed E-state index contributed by atoms with van der Waals surface area (Å²) in [7, 11) is 0. The van der Waals surface area contributed by atoms with Gasteiger partial charge in [0.15, 0.2) is 17.5 Å². The minimum atomic E-state index is -1.69. The number of hydrogen-bond donors (Lipinski definition) is 2. The Kier molecular flexibility index (Phi) is 3.99. The van der Waals surface area contributed by atoms with Gasteiger partial charge in [-0.2, -0.15) is 0 Å². The monoisotopic (exact) mass is 281 g/mol. The van der Waals surface area contributed by atoms with Gasteiger partial charge in [0.1, 0.15) is 5.82 Å². The van der Waals surface area contributed by atoms with Crippen LogP contribution in [-0.4, -0.2) is 10.9 Å². The number of pyridine rings is 1. The van der Waals surface area contributed by atoms with E-state index in [9.17, 15) is 18.0 Å². The van der Waals surface area contributed by atoms with Gasteiger partial charge in [0.2, 0.25) is 0 Å². The van der Waals surface area contributed by atoms with Crippen molar-refractivity contribution in [2.24, 2.45) is 5.73 Å². The van der Waals surface area contributed by atoms with Crippen molar-refractivity contribution in [2.75, 3.05) is 5.32 Å². The van der Waals surface area contributed by atoms with Crippen molar-refractivity contribution >= 4 is 11.7 Å². The van der Waals surface area contributed by atoms with Crippen LogP contribution in [0.1, 0.15) is 15.9 Å². The summed E-state index contributed by atoms with van der Waals surface area (Å²) in [5.74, 6) is -5.36. The van der Waals surface area contributed by atoms with Crippen molar-refractivity contribution in [3.8, 4) is 0 Å². The molecule has 0 aliphatic rings. The van der Waals surface area contributed by atoms with Gasteiger partial charge in [0.25, 0.3) is 5.91 Å². The molecular weight excluding hydrogens is 271 g/mol. The molecular formula is C13H10F3N3O. The van der Waals surface area contributed by atoms with Crippen LogP contribution in [0.2, 0.25) is 0 Å². The van der Waals surface area contributed by atoms with Crippen molar-refractivity contribution < 1.29 is 18.0 Å². The third-order valence-corrected chi connectivity index (χ3v) is 2.58. The molecule has 1 heterocycles. The van der Waals surface area contributed by atoms with Crippen LogP contribution < -0.4 is 11.1 Å². The molecule has 0 radical (unpaired) electrons. The lowest BCUT2D eigenvalue weighted by atomic mass is 10.2. The Morgan fingerprint density at radius 3 is 2.50 bits per heavy atom. The molecule has 2 aromatic rings. The van der Waals surface area contributed by atoms with E-state index in [2.05, 4.69) is 10.3 Å². The molecule has 0 aliphatic heterocycles. The summed E-state index contributed by atoms with van der Waals surface area (Å²) in [4.78, 5) is 15.6. The zero-order valence-electron chi connectivity index (χ0n) is 10.2. The number of nitrogens with two attached hydrogens (primary N) is 1. The molecule has 0 atom stereocenters. The average molecular weight is 281 g/mol. The highest BCUT2D eigenvalue weighted by Crippen LogP contribution is 2.16. The Morgan fingerprint density at radius 1 is 1.15 bits per heavy atom. The van der Waals surface area contributed by atoms with Crippen molar-refractivity contribution in [3.63, 3.8) is 0 Å². The Labute approximate surface area is 112 Å². The van der Waals surface area contributed by atoms with Gasteiger partial charge in [0.05, 0.1) is 5.56 Å². The number of carbonyl (C=O) groups is 1. The summed E-state index contributed by atoms with van der Waals surface area (Å²) in [6.45, 7) is 0.291. The Hall–Kier alpha value is -2.41. The van der Waals surface area contributed by atoms with Crippen LogP contribution in [0.4, 0.5) is 19.0 Å². The van der Waals surface area contributed by atoms with Crippen LogP contribution in [0.25, 0.3) is 0 Å². The number of rotatable bonds is 3. The molecule has 0 bridgehead atoms. The second-order valence-corrected chi connectivity index (χ2v) is 3.93. The van der Waals surface area contributed by atoms with Crippen molar-refractivity contribution in [1.82, 2.24) is 4.98 Å². The summed E-state index contributed by atoms with van der Waals surface area (Å²) >= 11 is 0. The van der Waals surface area contributed by atoms with Gasteiger partial charge in [-0.15, -0.1) is 0 Å². The summed E-state index contributed by atoms with van der Waals surface area (Å²) in [5, 5.41) is 2.28. The summed E-state index contributed by atoms with van der Waals surface area (Å²) < 4.78 is 39.2. The van der Waals surface area contributed by atoms with Crippen LogP contribution in [0.15, 0.2) is 30.5 Å². The minimum Gasteiger partial charge on any atom is -0.326 e.